The third-order valence-electron chi connectivity index (χ3n) is 9.65. The highest BCUT2D eigenvalue weighted by molar-refractivity contribution is 6.00. The van der Waals surface area contributed by atoms with E-state index in [0.717, 1.165) is 17.9 Å². The standard InChI is InChI=1S/C44H48N4O14/c1-3-5-8-17-30(33(4-2)48(26-49)62-44(59)39(27-13-9-6-10-14-27)28-15-11-7-12-16-28)40(54)45-25-46-42(56)35-21-20-34(61-35)29-18-19-31(36(22-29)60-24-38(52)53)41(55)47-32(43(57)58)23-37(50)51/h6-7,9-16,18-22,26,30,32-33,39H,3-5,8,17,23-25H2,1-2H3,(H,45,54)(H,46,56)(H,47,55)(H,50,51)(H,52,53)(H,57,58). The summed E-state index contributed by atoms with van der Waals surface area (Å²) in [5.41, 5.74) is 1.22. The van der Waals surface area contributed by atoms with Gasteiger partial charge in [-0.3, -0.25) is 24.0 Å². The van der Waals surface area contributed by atoms with Gasteiger partial charge in [-0.05, 0) is 48.2 Å². The maximum Gasteiger partial charge on any atom is 0.344 e. The molecule has 0 saturated carbocycles. The summed E-state index contributed by atoms with van der Waals surface area (Å²) in [5, 5.41) is 35.7. The van der Waals surface area contributed by atoms with Crippen molar-refractivity contribution >= 4 is 48.0 Å². The zero-order valence-corrected chi connectivity index (χ0v) is 34.0. The number of unbranched alkanes of at least 4 members (excludes halogenated alkanes) is 2. The number of nitrogens with zero attached hydrogens (tertiary/aromatic N) is 1. The molecule has 328 valence electrons. The van der Waals surface area contributed by atoms with E-state index in [9.17, 15) is 43.5 Å². The lowest BCUT2D eigenvalue weighted by atomic mass is 9.90. The van der Waals surface area contributed by atoms with Crippen LogP contribution in [0.15, 0.2) is 95.4 Å². The van der Waals surface area contributed by atoms with Gasteiger partial charge >= 0.3 is 23.9 Å². The molecule has 18 nitrogen and oxygen atoms in total. The van der Waals surface area contributed by atoms with Gasteiger partial charge in [-0.25, -0.2) is 14.4 Å². The second-order valence-electron chi connectivity index (χ2n) is 14.0. The van der Waals surface area contributed by atoms with E-state index >= 15 is 0 Å². The number of carboxylic acids is 3. The Balaban J connectivity index is 1.46. The lowest BCUT2D eigenvalue weighted by molar-refractivity contribution is -0.205. The van der Waals surface area contributed by atoms with E-state index in [-0.39, 0.29) is 41.5 Å². The second kappa shape index (κ2) is 23.3. The van der Waals surface area contributed by atoms with E-state index in [0.29, 0.717) is 30.4 Å². The molecule has 0 aliphatic heterocycles. The highest BCUT2D eigenvalue weighted by atomic mass is 16.7. The molecule has 0 bridgehead atoms. The van der Waals surface area contributed by atoms with Gasteiger partial charge in [-0.1, -0.05) is 99.8 Å². The quantitative estimate of drug-likeness (QED) is 0.0230. The first-order chi connectivity index (χ1) is 29.8. The number of carbonyl (C=O) groups is 8. The van der Waals surface area contributed by atoms with Crippen molar-refractivity contribution < 1.29 is 67.7 Å². The summed E-state index contributed by atoms with van der Waals surface area (Å²) >= 11 is 0. The highest BCUT2D eigenvalue weighted by Gasteiger charge is 2.35. The number of benzene rings is 3. The average Bonchev–Trinajstić information content (AvgIpc) is 3.76. The van der Waals surface area contributed by atoms with E-state index < -0.39 is 78.5 Å². The number of rotatable bonds is 25. The molecule has 0 aliphatic rings. The van der Waals surface area contributed by atoms with Gasteiger partial charge in [0.1, 0.15) is 23.5 Å². The Morgan fingerprint density at radius 2 is 1.45 bits per heavy atom. The van der Waals surface area contributed by atoms with Gasteiger partial charge in [-0.2, -0.15) is 5.06 Å². The summed E-state index contributed by atoms with van der Waals surface area (Å²) in [7, 11) is 0. The van der Waals surface area contributed by atoms with Gasteiger partial charge in [0, 0.05) is 5.56 Å². The van der Waals surface area contributed by atoms with Crippen LogP contribution in [0.2, 0.25) is 0 Å². The first kappa shape index (κ1) is 47.2. The fourth-order valence-corrected chi connectivity index (χ4v) is 6.61. The number of aliphatic carboxylic acids is 3. The molecule has 4 amide bonds. The molecular formula is C44H48N4O14. The topological polar surface area (TPSA) is 268 Å². The van der Waals surface area contributed by atoms with E-state index in [1.165, 1.54) is 30.3 Å². The molecule has 0 fully saturated rings. The third-order valence-corrected chi connectivity index (χ3v) is 9.65. The number of carbonyl (C=O) groups excluding carboxylic acids is 5. The fraction of sp³-hybridized carbons (Fsp3) is 0.318. The first-order valence-corrected chi connectivity index (χ1v) is 19.7. The SMILES string of the molecule is CCCCCC(C(=O)NCNC(=O)c1ccc(-c2ccc(C(=O)NC(CC(=O)O)C(=O)O)c(OCC(=O)O)c2)o1)C(CC)N(C=O)OC(=O)C(c1ccccc1)c1ccccc1. The van der Waals surface area contributed by atoms with Crippen molar-refractivity contribution in [3.05, 3.63) is 113 Å². The lowest BCUT2D eigenvalue weighted by Gasteiger charge is -2.32. The molecule has 3 unspecified atom stereocenters. The van der Waals surface area contributed by atoms with Crippen molar-refractivity contribution in [1.29, 1.82) is 0 Å². The van der Waals surface area contributed by atoms with Gasteiger partial charge in [0.05, 0.1) is 30.6 Å². The number of hydrogen-bond donors (Lipinski definition) is 6. The number of furan rings is 1. The van der Waals surface area contributed by atoms with Gasteiger partial charge in [0.25, 0.3) is 11.8 Å². The fourth-order valence-electron chi connectivity index (χ4n) is 6.61. The third kappa shape index (κ3) is 13.3. The van der Waals surface area contributed by atoms with Gasteiger partial charge in [0.15, 0.2) is 12.4 Å². The number of hydroxylamine groups is 2. The zero-order valence-electron chi connectivity index (χ0n) is 34.0. The zero-order chi connectivity index (χ0) is 45.2. The van der Waals surface area contributed by atoms with Crippen LogP contribution in [0.3, 0.4) is 0 Å². The summed E-state index contributed by atoms with van der Waals surface area (Å²) in [6.45, 7) is 2.52. The second-order valence-corrected chi connectivity index (χ2v) is 14.0. The number of hydrogen-bond acceptors (Lipinski definition) is 11. The summed E-state index contributed by atoms with van der Waals surface area (Å²) in [4.78, 5) is 106. The van der Waals surface area contributed by atoms with E-state index in [4.69, 9.17) is 24.2 Å². The molecule has 1 aromatic heterocycles. The maximum absolute atomic E-state index is 13.8. The van der Waals surface area contributed by atoms with Crippen LogP contribution in [0.5, 0.6) is 5.75 Å². The molecule has 0 radical (unpaired) electrons. The normalized spacial score (nSPS) is 12.2. The molecule has 0 aliphatic carbocycles. The molecular weight excluding hydrogens is 808 g/mol. The van der Waals surface area contributed by atoms with E-state index in [1.54, 1.807) is 55.5 Å². The van der Waals surface area contributed by atoms with E-state index in [1.807, 2.05) is 19.1 Å². The van der Waals surface area contributed by atoms with Crippen molar-refractivity contribution in [2.24, 2.45) is 5.92 Å². The molecule has 6 N–H and O–H groups in total. The number of carboxylic acid groups (broad SMARTS) is 3. The van der Waals surface area contributed by atoms with Crippen molar-refractivity contribution in [3.8, 4) is 17.1 Å². The molecule has 18 heteroatoms. The van der Waals surface area contributed by atoms with Gasteiger partial charge < -0.3 is 45.3 Å². The maximum atomic E-state index is 13.8. The molecule has 0 spiro atoms. The van der Waals surface area contributed by atoms with E-state index in [2.05, 4.69) is 16.0 Å². The van der Waals surface area contributed by atoms with Crippen LogP contribution < -0.4 is 20.7 Å². The number of nitrogens with one attached hydrogen (secondary N) is 3. The molecule has 3 aromatic carbocycles. The predicted octanol–water partition coefficient (Wildman–Crippen LogP) is 4.60. The van der Waals surface area contributed by atoms with Crippen LogP contribution in [-0.2, 0) is 33.6 Å². The van der Waals surface area contributed by atoms with Crippen LogP contribution in [0.1, 0.15) is 90.3 Å². The Kier molecular flexibility index (Phi) is 17.8. The Hall–Kier alpha value is -7.50. The summed E-state index contributed by atoms with van der Waals surface area (Å²) in [6.07, 6.45) is 2.34. The van der Waals surface area contributed by atoms with Gasteiger partial charge in [-0.15, -0.1) is 0 Å². The molecule has 4 aromatic rings. The minimum Gasteiger partial charge on any atom is -0.481 e. The Labute approximate surface area is 356 Å². The average molecular weight is 857 g/mol. The van der Waals surface area contributed by atoms with Gasteiger partial charge in [0.2, 0.25) is 12.3 Å². The van der Waals surface area contributed by atoms with Crippen molar-refractivity contribution in [2.75, 3.05) is 13.3 Å². The summed E-state index contributed by atoms with van der Waals surface area (Å²) in [5.74, 6) is -9.60. The Morgan fingerprint density at radius 1 is 0.790 bits per heavy atom. The Bertz CT molecular complexity index is 2150. The summed E-state index contributed by atoms with van der Waals surface area (Å²) < 4.78 is 11.0. The molecule has 0 saturated heterocycles. The minimum atomic E-state index is -1.79. The molecule has 1 heterocycles. The number of amides is 4. The van der Waals surface area contributed by atoms with Crippen LogP contribution >= 0.6 is 0 Å². The monoisotopic (exact) mass is 856 g/mol. The van der Waals surface area contributed by atoms with Crippen molar-refractivity contribution in [2.45, 2.75) is 70.4 Å². The summed E-state index contributed by atoms with van der Waals surface area (Å²) in [6, 6.07) is 21.8. The Morgan fingerprint density at radius 3 is 2.02 bits per heavy atom. The van der Waals surface area contributed by atoms with Crippen molar-refractivity contribution in [3.63, 3.8) is 0 Å². The smallest absolute Gasteiger partial charge is 0.344 e. The molecule has 3 atom stereocenters. The predicted molar refractivity (Wildman–Crippen MR) is 219 cm³/mol. The van der Waals surface area contributed by atoms with Crippen LogP contribution in [-0.4, -0.2) is 93.8 Å². The number of ether oxygens (including phenoxy) is 1. The largest absolute Gasteiger partial charge is 0.481 e. The van der Waals surface area contributed by atoms with Crippen molar-refractivity contribution in [1.82, 2.24) is 21.0 Å². The lowest BCUT2D eigenvalue weighted by Crippen LogP contribution is -2.49. The minimum absolute atomic E-state index is 0.0765. The highest BCUT2D eigenvalue weighted by Crippen LogP contribution is 2.31. The molecule has 62 heavy (non-hydrogen) atoms. The van der Waals surface area contributed by atoms with Crippen LogP contribution in [0.4, 0.5) is 0 Å². The van der Waals surface area contributed by atoms with Crippen LogP contribution in [0, 0.1) is 5.92 Å². The molecule has 4 rings (SSSR count). The van der Waals surface area contributed by atoms with Crippen LogP contribution in [0.25, 0.3) is 11.3 Å². The first-order valence-electron chi connectivity index (χ1n) is 19.7.